The van der Waals surface area contributed by atoms with E-state index in [2.05, 4.69) is 12.6 Å². The number of imide groups is 1. The van der Waals surface area contributed by atoms with Crippen LogP contribution in [0.25, 0.3) is 0 Å². The molecule has 1 aliphatic rings. The normalized spacial score (nSPS) is 13.8. The van der Waals surface area contributed by atoms with Gasteiger partial charge < -0.3 is 0 Å². The molecule has 3 nitrogen and oxygen atoms in total. The Kier molecular flexibility index (Phi) is 2.87. The summed E-state index contributed by atoms with van der Waals surface area (Å²) in [5.74, 6) is -0.489. The zero-order valence-corrected chi connectivity index (χ0v) is 10.9. The van der Waals surface area contributed by atoms with E-state index in [9.17, 15) is 9.59 Å². The van der Waals surface area contributed by atoms with Gasteiger partial charge in [-0.2, -0.15) is 0 Å². The van der Waals surface area contributed by atoms with Crippen LogP contribution in [0, 0.1) is 0 Å². The number of carbonyl (C=O) groups excluding carboxylic acids is 2. The van der Waals surface area contributed by atoms with E-state index < -0.39 is 0 Å². The molecule has 0 unspecified atom stereocenters. The van der Waals surface area contributed by atoms with Crippen LogP contribution in [0.4, 0.5) is 0 Å². The lowest BCUT2D eigenvalue weighted by atomic mass is 10.1. The number of thiol groups is 1. The summed E-state index contributed by atoms with van der Waals surface area (Å²) in [4.78, 5) is 26.4. The molecule has 2 aromatic rings. The van der Waals surface area contributed by atoms with Crippen LogP contribution < -0.4 is 0 Å². The van der Waals surface area contributed by atoms with Gasteiger partial charge in [-0.15, -0.1) is 12.6 Å². The molecule has 0 aromatic heterocycles. The van der Waals surface area contributed by atoms with E-state index in [0.29, 0.717) is 22.6 Å². The highest BCUT2D eigenvalue weighted by Gasteiger charge is 2.35. The molecule has 19 heavy (non-hydrogen) atoms. The van der Waals surface area contributed by atoms with Gasteiger partial charge in [-0.1, -0.05) is 30.3 Å². The van der Waals surface area contributed by atoms with Gasteiger partial charge in [0.15, 0.2) is 0 Å². The van der Waals surface area contributed by atoms with Crippen molar-refractivity contribution in [2.75, 3.05) is 0 Å². The summed E-state index contributed by atoms with van der Waals surface area (Å²) in [6.45, 7) is 0.301. The molecule has 94 valence electrons. The quantitative estimate of drug-likeness (QED) is 0.672. The zero-order chi connectivity index (χ0) is 13.4. The Morgan fingerprint density at radius 3 is 2.32 bits per heavy atom. The summed E-state index contributed by atoms with van der Waals surface area (Å²) in [5, 5.41) is 0. The number of nitrogens with zero attached hydrogens (tertiary/aromatic N) is 1. The van der Waals surface area contributed by atoms with Crippen molar-refractivity contribution in [3.63, 3.8) is 0 Å². The minimum Gasteiger partial charge on any atom is -0.270 e. The van der Waals surface area contributed by atoms with Gasteiger partial charge in [0.05, 0.1) is 17.7 Å². The van der Waals surface area contributed by atoms with E-state index >= 15 is 0 Å². The molecule has 0 radical (unpaired) electrons. The second kappa shape index (κ2) is 4.55. The third kappa shape index (κ3) is 2.04. The van der Waals surface area contributed by atoms with Crippen LogP contribution >= 0.6 is 12.6 Å². The van der Waals surface area contributed by atoms with Gasteiger partial charge in [-0.25, -0.2) is 0 Å². The van der Waals surface area contributed by atoms with Crippen LogP contribution in [-0.4, -0.2) is 16.7 Å². The summed E-state index contributed by atoms with van der Waals surface area (Å²) in [5.41, 5.74) is 1.83. The van der Waals surface area contributed by atoms with Crippen molar-refractivity contribution in [1.29, 1.82) is 0 Å². The van der Waals surface area contributed by atoms with Crippen LogP contribution in [0.5, 0.6) is 0 Å². The van der Waals surface area contributed by atoms with Crippen LogP contribution in [0.3, 0.4) is 0 Å². The van der Waals surface area contributed by atoms with E-state index in [1.807, 2.05) is 30.3 Å². The molecule has 0 spiro atoms. The van der Waals surface area contributed by atoms with Crippen molar-refractivity contribution in [3.05, 3.63) is 65.2 Å². The van der Waals surface area contributed by atoms with Crippen molar-refractivity contribution < 1.29 is 9.59 Å². The topological polar surface area (TPSA) is 37.4 Å². The van der Waals surface area contributed by atoms with Gasteiger partial charge in [0, 0.05) is 4.90 Å². The van der Waals surface area contributed by atoms with Crippen molar-refractivity contribution in [2.45, 2.75) is 11.4 Å². The van der Waals surface area contributed by atoms with E-state index in [1.165, 1.54) is 4.90 Å². The Morgan fingerprint density at radius 2 is 1.58 bits per heavy atom. The van der Waals surface area contributed by atoms with Gasteiger partial charge in [0.2, 0.25) is 0 Å². The third-order valence-corrected chi connectivity index (χ3v) is 3.42. The first-order chi connectivity index (χ1) is 9.16. The summed E-state index contributed by atoms with van der Waals surface area (Å²) >= 11 is 4.20. The third-order valence-electron chi connectivity index (χ3n) is 3.14. The van der Waals surface area contributed by atoms with Crippen LogP contribution in [0.2, 0.25) is 0 Å². The first-order valence-electron chi connectivity index (χ1n) is 5.90. The molecule has 1 heterocycles. The van der Waals surface area contributed by atoms with E-state index in [-0.39, 0.29) is 11.8 Å². The minimum absolute atomic E-state index is 0.239. The molecule has 0 bridgehead atoms. The maximum Gasteiger partial charge on any atom is 0.261 e. The number of amides is 2. The van der Waals surface area contributed by atoms with Crippen LogP contribution in [0.15, 0.2) is 53.4 Å². The second-order valence-electron chi connectivity index (χ2n) is 4.41. The van der Waals surface area contributed by atoms with Gasteiger partial charge >= 0.3 is 0 Å². The fraction of sp³-hybridized carbons (Fsp3) is 0.0667. The van der Waals surface area contributed by atoms with Crippen molar-refractivity contribution >= 4 is 24.4 Å². The number of carbonyl (C=O) groups is 2. The average molecular weight is 269 g/mol. The highest BCUT2D eigenvalue weighted by molar-refractivity contribution is 7.80. The highest BCUT2D eigenvalue weighted by Crippen LogP contribution is 2.26. The van der Waals surface area contributed by atoms with Crippen molar-refractivity contribution in [2.24, 2.45) is 0 Å². The van der Waals surface area contributed by atoms with Crippen LogP contribution in [-0.2, 0) is 6.54 Å². The lowest BCUT2D eigenvalue weighted by molar-refractivity contribution is 0.0642. The Morgan fingerprint density at radius 1 is 0.895 bits per heavy atom. The van der Waals surface area contributed by atoms with Gasteiger partial charge in [0.1, 0.15) is 0 Å². The average Bonchev–Trinajstić information content (AvgIpc) is 2.65. The molecule has 0 N–H and O–H groups in total. The summed E-state index contributed by atoms with van der Waals surface area (Å²) in [6.07, 6.45) is 0. The highest BCUT2D eigenvalue weighted by atomic mass is 32.1. The molecule has 2 aromatic carbocycles. The lowest BCUT2D eigenvalue weighted by Crippen LogP contribution is -2.29. The lowest BCUT2D eigenvalue weighted by Gasteiger charge is -2.13. The molecule has 0 saturated heterocycles. The Bertz CT molecular complexity index is 667. The summed E-state index contributed by atoms with van der Waals surface area (Å²) in [7, 11) is 0. The predicted octanol–water partition coefficient (Wildman–Crippen LogP) is 2.77. The van der Waals surface area contributed by atoms with Gasteiger partial charge in [-0.05, 0) is 23.8 Å². The SMILES string of the molecule is O=C1c2ccc(S)cc2C(=O)N1Cc1ccccc1. The van der Waals surface area contributed by atoms with E-state index in [1.54, 1.807) is 18.2 Å². The van der Waals surface area contributed by atoms with Gasteiger partial charge in [0.25, 0.3) is 11.8 Å². The molecular formula is C15H11NO2S. The standard InChI is InChI=1S/C15H11NO2S/c17-14-12-7-6-11(19)8-13(12)15(18)16(14)9-10-4-2-1-3-5-10/h1-8,19H,9H2. The molecule has 0 atom stereocenters. The molecule has 0 aliphatic carbocycles. The van der Waals surface area contributed by atoms with Crippen LogP contribution in [0.1, 0.15) is 26.3 Å². The van der Waals surface area contributed by atoms with Crippen molar-refractivity contribution in [1.82, 2.24) is 4.90 Å². The second-order valence-corrected chi connectivity index (χ2v) is 4.93. The Balaban J connectivity index is 1.95. The number of benzene rings is 2. The first-order valence-corrected chi connectivity index (χ1v) is 6.34. The first kappa shape index (κ1) is 12.0. The summed E-state index contributed by atoms with van der Waals surface area (Å²) < 4.78 is 0. The molecule has 2 amide bonds. The summed E-state index contributed by atoms with van der Waals surface area (Å²) in [6, 6.07) is 14.5. The number of rotatable bonds is 2. The number of hydrogen-bond donors (Lipinski definition) is 1. The molecule has 0 fully saturated rings. The minimum atomic E-state index is -0.250. The molecule has 4 heteroatoms. The largest absolute Gasteiger partial charge is 0.270 e. The molecule has 3 rings (SSSR count). The molecule has 1 aliphatic heterocycles. The maximum atomic E-state index is 12.2. The number of hydrogen-bond acceptors (Lipinski definition) is 3. The smallest absolute Gasteiger partial charge is 0.261 e. The van der Waals surface area contributed by atoms with Crippen molar-refractivity contribution in [3.8, 4) is 0 Å². The van der Waals surface area contributed by atoms with E-state index in [4.69, 9.17) is 0 Å². The fourth-order valence-electron chi connectivity index (χ4n) is 2.19. The molecule has 0 saturated carbocycles. The zero-order valence-electron chi connectivity index (χ0n) is 10.0. The number of fused-ring (bicyclic) bond motifs is 1. The predicted molar refractivity (Wildman–Crippen MR) is 74.3 cm³/mol. The van der Waals surface area contributed by atoms with Gasteiger partial charge in [-0.3, -0.25) is 14.5 Å². The fourth-order valence-corrected chi connectivity index (χ4v) is 2.39. The van der Waals surface area contributed by atoms with E-state index in [0.717, 1.165) is 5.56 Å². The Labute approximate surface area is 116 Å². The molecular weight excluding hydrogens is 258 g/mol. The maximum absolute atomic E-state index is 12.2. The monoisotopic (exact) mass is 269 g/mol. The Hall–Kier alpha value is -2.07.